The Hall–Kier alpha value is -3.70. The first-order chi connectivity index (χ1) is 17.5. The van der Waals surface area contributed by atoms with Gasteiger partial charge in [-0.3, -0.25) is 9.35 Å². The van der Waals surface area contributed by atoms with Crippen molar-refractivity contribution in [2.45, 2.75) is 11.8 Å². The number of phenols is 1. The number of fused-ring (bicyclic) bond motifs is 1. The topological polar surface area (TPSA) is 138 Å². The van der Waals surface area contributed by atoms with Crippen molar-refractivity contribution in [1.29, 1.82) is 0 Å². The first-order valence-corrected chi connectivity index (χ1v) is 12.8. The molecule has 37 heavy (non-hydrogen) atoms. The molecule has 0 radical (unpaired) electrons. The Balaban J connectivity index is 1.80. The number of carbonyl (C=O) groups is 1. The summed E-state index contributed by atoms with van der Waals surface area (Å²) in [4.78, 5) is 12.8. The molecule has 12 heteroatoms. The van der Waals surface area contributed by atoms with Gasteiger partial charge in [-0.15, -0.1) is 10.2 Å². The lowest BCUT2D eigenvalue weighted by atomic mass is 10.0. The van der Waals surface area contributed by atoms with E-state index in [4.69, 9.17) is 27.9 Å². The van der Waals surface area contributed by atoms with E-state index < -0.39 is 21.8 Å². The SMILES string of the molecule is COc1c(Cl)cccc1NC(=O)c1cc2ccccc2c(N=Nc2ccc(S(=O)(=O)O)c(C)c2Cl)c1O. The third kappa shape index (κ3) is 5.23. The summed E-state index contributed by atoms with van der Waals surface area (Å²) >= 11 is 12.4. The number of methoxy groups -OCH3 is 1. The van der Waals surface area contributed by atoms with Crippen LogP contribution in [0, 0.1) is 6.92 Å². The maximum absolute atomic E-state index is 13.2. The Bertz CT molecular complexity index is 1690. The summed E-state index contributed by atoms with van der Waals surface area (Å²) in [6, 6.07) is 15.7. The summed E-state index contributed by atoms with van der Waals surface area (Å²) in [6.07, 6.45) is 0. The number of para-hydroxylation sites is 1. The van der Waals surface area contributed by atoms with Gasteiger partial charge in [-0.05, 0) is 48.2 Å². The maximum atomic E-state index is 13.2. The van der Waals surface area contributed by atoms with Crippen molar-refractivity contribution in [3.8, 4) is 11.5 Å². The molecule has 4 aromatic rings. The van der Waals surface area contributed by atoms with Gasteiger partial charge in [0.15, 0.2) is 11.5 Å². The summed E-state index contributed by atoms with van der Waals surface area (Å²) < 4.78 is 37.7. The third-order valence-electron chi connectivity index (χ3n) is 5.51. The molecule has 0 aromatic heterocycles. The van der Waals surface area contributed by atoms with Crippen LogP contribution in [0.25, 0.3) is 10.8 Å². The highest BCUT2D eigenvalue weighted by atomic mass is 35.5. The van der Waals surface area contributed by atoms with E-state index in [1.807, 2.05) is 0 Å². The van der Waals surface area contributed by atoms with Crippen LogP contribution in [0.1, 0.15) is 15.9 Å². The van der Waals surface area contributed by atoms with Gasteiger partial charge in [0.25, 0.3) is 16.0 Å². The minimum absolute atomic E-state index is 0.00566. The van der Waals surface area contributed by atoms with Gasteiger partial charge in [0.1, 0.15) is 11.4 Å². The molecule has 0 aliphatic heterocycles. The largest absolute Gasteiger partial charge is 0.505 e. The van der Waals surface area contributed by atoms with E-state index in [0.29, 0.717) is 21.5 Å². The molecule has 4 rings (SSSR count). The summed E-state index contributed by atoms with van der Waals surface area (Å²) in [7, 11) is -3.07. The number of halogens is 2. The third-order valence-corrected chi connectivity index (χ3v) is 7.28. The van der Waals surface area contributed by atoms with Crippen LogP contribution in [0.3, 0.4) is 0 Å². The van der Waals surface area contributed by atoms with Crippen molar-refractivity contribution >= 4 is 67.1 Å². The predicted octanol–water partition coefficient (Wildman–Crippen LogP) is 7.08. The lowest BCUT2D eigenvalue weighted by molar-refractivity contribution is 0.102. The van der Waals surface area contributed by atoms with E-state index in [2.05, 4.69) is 15.5 Å². The molecule has 4 aromatic carbocycles. The average Bonchev–Trinajstić information content (AvgIpc) is 2.85. The van der Waals surface area contributed by atoms with Crippen molar-refractivity contribution in [2.75, 3.05) is 12.4 Å². The van der Waals surface area contributed by atoms with E-state index in [-0.39, 0.29) is 38.2 Å². The molecule has 0 fully saturated rings. The predicted molar refractivity (Wildman–Crippen MR) is 142 cm³/mol. The molecule has 0 bridgehead atoms. The summed E-state index contributed by atoms with van der Waals surface area (Å²) in [5, 5.41) is 23.3. The second kappa shape index (κ2) is 10.3. The number of ether oxygens (including phenoxy) is 1. The van der Waals surface area contributed by atoms with Crippen LogP contribution in [-0.2, 0) is 10.1 Å². The van der Waals surface area contributed by atoms with E-state index in [9.17, 15) is 22.9 Å². The molecule has 190 valence electrons. The van der Waals surface area contributed by atoms with Crippen molar-refractivity contribution < 1.29 is 27.6 Å². The number of azo groups is 1. The van der Waals surface area contributed by atoms with Gasteiger partial charge in [0.05, 0.1) is 33.3 Å². The van der Waals surface area contributed by atoms with Gasteiger partial charge in [0.2, 0.25) is 0 Å². The Morgan fingerprint density at radius 3 is 2.46 bits per heavy atom. The minimum Gasteiger partial charge on any atom is -0.505 e. The van der Waals surface area contributed by atoms with Crippen molar-refractivity contribution in [2.24, 2.45) is 10.2 Å². The van der Waals surface area contributed by atoms with Gasteiger partial charge < -0.3 is 15.2 Å². The molecular formula is C25H19Cl2N3O6S. The van der Waals surface area contributed by atoms with Crippen molar-refractivity contribution in [1.82, 2.24) is 0 Å². The molecule has 0 spiro atoms. The molecule has 0 aliphatic carbocycles. The fourth-order valence-electron chi connectivity index (χ4n) is 3.71. The van der Waals surface area contributed by atoms with E-state index >= 15 is 0 Å². The second-order valence-electron chi connectivity index (χ2n) is 7.81. The number of aromatic hydroxyl groups is 1. The first-order valence-electron chi connectivity index (χ1n) is 10.6. The molecule has 0 heterocycles. The smallest absolute Gasteiger partial charge is 0.294 e. The van der Waals surface area contributed by atoms with Gasteiger partial charge >= 0.3 is 0 Å². The number of rotatable bonds is 6. The zero-order valence-corrected chi connectivity index (χ0v) is 21.7. The van der Waals surface area contributed by atoms with Crippen molar-refractivity contribution in [3.05, 3.63) is 81.8 Å². The Morgan fingerprint density at radius 2 is 1.76 bits per heavy atom. The highest BCUT2D eigenvalue weighted by molar-refractivity contribution is 7.85. The minimum atomic E-state index is -4.48. The molecule has 0 saturated heterocycles. The van der Waals surface area contributed by atoms with Crippen molar-refractivity contribution in [3.63, 3.8) is 0 Å². The number of hydrogen-bond donors (Lipinski definition) is 3. The number of nitrogens with zero attached hydrogens (tertiary/aromatic N) is 2. The van der Waals surface area contributed by atoms with Crippen LogP contribution in [0.4, 0.5) is 17.1 Å². The molecule has 1 amide bonds. The fraction of sp³-hybridized carbons (Fsp3) is 0.0800. The van der Waals surface area contributed by atoms with E-state index in [1.165, 1.54) is 26.2 Å². The highest BCUT2D eigenvalue weighted by Crippen LogP contribution is 2.41. The zero-order valence-electron chi connectivity index (χ0n) is 19.4. The Labute approximate surface area is 222 Å². The zero-order chi connectivity index (χ0) is 26.9. The quantitative estimate of drug-likeness (QED) is 0.170. The highest BCUT2D eigenvalue weighted by Gasteiger charge is 2.21. The van der Waals surface area contributed by atoms with Crippen LogP contribution in [0.2, 0.25) is 10.0 Å². The van der Waals surface area contributed by atoms with E-state index in [0.717, 1.165) is 6.07 Å². The number of amides is 1. The summed E-state index contributed by atoms with van der Waals surface area (Å²) in [6.45, 7) is 1.41. The second-order valence-corrected chi connectivity index (χ2v) is 9.99. The normalized spacial score (nSPS) is 11.7. The van der Waals surface area contributed by atoms with Gasteiger partial charge in [-0.1, -0.05) is 53.5 Å². The van der Waals surface area contributed by atoms with E-state index in [1.54, 1.807) is 42.5 Å². The standard InChI is InChI=1S/C25H19Cl2N3O6S/c1-13-20(37(33,34)35)11-10-18(21(13)27)29-30-22-15-7-4-3-6-14(15)12-16(23(22)31)25(32)28-19-9-5-8-17(26)24(19)36-2/h3-12,31H,1-2H3,(H,28,32)(H,33,34,35). The summed E-state index contributed by atoms with van der Waals surface area (Å²) in [5.74, 6) is -0.828. The number of nitrogens with one attached hydrogen (secondary N) is 1. The monoisotopic (exact) mass is 559 g/mol. The first kappa shape index (κ1) is 26.4. The van der Waals surface area contributed by atoms with Crippen LogP contribution in [0.5, 0.6) is 11.5 Å². The molecule has 0 atom stereocenters. The number of benzene rings is 4. The molecule has 3 N–H and O–H groups in total. The lowest BCUT2D eigenvalue weighted by Crippen LogP contribution is -2.13. The van der Waals surface area contributed by atoms with Crippen LogP contribution in [-0.4, -0.2) is 31.1 Å². The number of anilines is 1. The Kier molecular flexibility index (Phi) is 7.37. The van der Waals surface area contributed by atoms with Gasteiger partial charge in [-0.2, -0.15) is 8.42 Å². The lowest BCUT2D eigenvalue weighted by Gasteiger charge is -2.14. The molecule has 0 aliphatic rings. The molecule has 9 nitrogen and oxygen atoms in total. The number of phenolic OH excluding ortho intramolecular Hbond substituents is 1. The van der Waals surface area contributed by atoms with Crippen LogP contribution < -0.4 is 10.1 Å². The van der Waals surface area contributed by atoms with Crippen LogP contribution >= 0.6 is 23.2 Å². The Morgan fingerprint density at radius 1 is 1.03 bits per heavy atom. The molecule has 0 unspecified atom stereocenters. The summed E-state index contributed by atoms with van der Waals surface area (Å²) in [5.41, 5.74) is 0.386. The number of carbonyl (C=O) groups excluding carboxylic acids is 1. The number of hydrogen-bond acceptors (Lipinski definition) is 7. The maximum Gasteiger partial charge on any atom is 0.294 e. The molecular weight excluding hydrogens is 541 g/mol. The van der Waals surface area contributed by atoms with Gasteiger partial charge in [-0.25, -0.2) is 0 Å². The fourth-order valence-corrected chi connectivity index (χ4v) is 4.95. The molecule has 0 saturated carbocycles. The van der Waals surface area contributed by atoms with Gasteiger partial charge in [0, 0.05) is 5.39 Å². The van der Waals surface area contributed by atoms with Crippen LogP contribution in [0.15, 0.2) is 75.8 Å². The average molecular weight is 560 g/mol.